The van der Waals surface area contributed by atoms with Gasteiger partial charge in [-0.1, -0.05) is 0 Å². The van der Waals surface area contributed by atoms with Crippen molar-refractivity contribution >= 4 is 28.4 Å². The van der Waals surface area contributed by atoms with Gasteiger partial charge >= 0.3 is 0 Å². The number of hydrogen-bond donors (Lipinski definition) is 3. The zero-order chi connectivity index (χ0) is 21.1. The van der Waals surface area contributed by atoms with Gasteiger partial charge in [-0.15, -0.1) is 0 Å². The van der Waals surface area contributed by atoms with Gasteiger partial charge in [-0.05, 0) is 63.2 Å². The molecule has 3 heterocycles. The average molecular weight is 409 g/mol. The molecule has 30 heavy (non-hydrogen) atoms. The van der Waals surface area contributed by atoms with Gasteiger partial charge in [0.25, 0.3) is 0 Å². The van der Waals surface area contributed by atoms with Crippen LogP contribution in [-0.4, -0.2) is 58.8 Å². The molecule has 0 radical (unpaired) electrons. The van der Waals surface area contributed by atoms with E-state index < -0.39 is 0 Å². The number of hydrogen-bond acceptors (Lipinski definition) is 6. The van der Waals surface area contributed by atoms with Crippen LogP contribution in [0, 0.1) is 0 Å². The van der Waals surface area contributed by atoms with Crippen molar-refractivity contribution in [2.45, 2.75) is 32.2 Å². The third kappa shape index (κ3) is 4.54. The smallest absolute Gasteiger partial charge is 0.238 e. The molecule has 8 heteroatoms. The molecule has 2 aromatic heterocycles. The molecule has 1 atom stereocenters. The number of aromatic amines is 1. The lowest BCUT2D eigenvalue weighted by atomic mass is 10.0. The van der Waals surface area contributed by atoms with Crippen molar-refractivity contribution < 1.29 is 9.53 Å². The van der Waals surface area contributed by atoms with Crippen LogP contribution in [0.5, 0.6) is 5.75 Å². The fraction of sp³-hybridized carbons (Fsp3) is 0.409. The quantitative estimate of drug-likeness (QED) is 0.556. The van der Waals surface area contributed by atoms with Crippen molar-refractivity contribution in [1.29, 1.82) is 0 Å². The van der Waals surface area contributed by atoms with E-state index in [9.17, 15) is 4.79 Å². The maximum atomic E-state index is 12.4. The number of carbonyl (C=O) groups excluding carboxylic acids is 1. The Balaban J connectivity index is 1.35. The SMILES string of the molecule is COc1ccc(NC(=O)CN2CCC(c3ccc4c(NC(C)C)n[nH]c4n3)C2)cc1. The number of nitrogens with zero attached hydrogens (tertiary/aromatic N) is 3. The summed E-state index contributed by atoms with van der Waals surface area (Å²) < 4.78 is 5.14. The second-order valence-electron chi connectivity index (χ2n) is 8.00. The highest BCUT2D eigenvalue weighted by Gasteiger charge is 2.26. The third-order valence-corrected chi connectivity index (χ3v) is 5.30. The minimum absolute atomic E-state index is 0.0119. The van der Waals surface area contributed by atoms with E-state index in [1.807, 2.05) is 24.3 Å². The lowest BCUT2D eigenvalue weighted by molar-refractivity contribution is -0.117. The van der Waals surface area contributed by atoms with Crippen LogP contribution in [0.25, 0.3) is 11.0 Å². The topological polar surface area (TPSA) is 95.2 Å². The van der Waals surface area contributed by atoms with Crippen LogP contribution >= 0.6 is 0 Å². The number of nitrogens with one attached hydrogen (secondary N) is 3. The van der Waals surface area contributed by atoms with Crippen molar-refractivity contribution in [3.63, 3.8) is 0 Å². The number of likely N-dealkylation sites (tertiary alicyclic amines) is 1. The summed E-state index contributed by atoms with van der Waals surface area (Å²) in [5, 5.41) is 14.6. The molecule has 8 nitrogen and oxygen atoms in total. The molecule has 1 fully saturated rings. The first-order chi connectivity index (χ1) is 14.5. The molecular formula is C22H28N6O2. The number of pyridine rings is 1. The standard InChI is InChI=1S/C22H28N6O2/c1-14(2)23-21-18-8-9-19(25-22(18)27-26-21)15-10-11-28(12-15)13-20(29)24-16-4-6-17(30-3)7-5-16/h4-9,14-15H,10-13H2,1-3H3,(H,24,29)(H2,23,25,26,27). The molecule has 1 aliphatic rings. The average Bonchev–Trinajstić information content (AvgIpc) is 3.35. The number of carbonyl (C=O) groups is 1. The number of amides is 1. The van der Waals surface area contributed by atoms with E-state index in [4.69, 9.17) is 9.72 Å². The Bertz CT molecular complexity index is 1010. The van der Waals surface area contributed by atoms with Crippen molar-refractivity contribution in [3.05, 3.63) is 42.1 Å². The minimum atomic E-state index is -0.0119. The van der Waals surface area contributed by atoms with Gasteiger partial charge in [0.1, 0.15) is 5.75 Å². The highest BCUT2D eigenvalue weighted by Crippen LogP contribution is 2.28. The van der Waals surface area contributed by atoms with E-state index in [0.29, 0.717) is 18.5 Å². The predicted molar refractivity (Wildman–Crippen MR) is 118 cm³/mol. The zero-order valence-corrected chi connectivity index (χ0v) is 17.6. The number of H-pyrrole nitrogens is 1. The third-order valence-electron chi connectivity index (χ3n) is 5.30. The monoisotopic (exact) mass is 408 g/mol. The van der Waals surface area contributed by atoms with Gasteiger partial charge in [0.15, 0.2) is 11.5 Å². The highest BCUT2D eigenvalue weighted by atomic mass is 16.5. The van der Waals surface area contributed by atoms with Crippen molar-refractivity contribution in [2.75, 3.05) is 37.4 Å². The van der Waals surface area contributed by atoms with Crippen LogP contribution in [0.1, 0.15) is 31.9 Å². The zero-order valence-electron chi connectivity index (χ0n) is 17.6. The Morgan fingerprint density at radius 2 is 2.07 bits per heavy atom. The maximum Gasteiger partial charge on any atom is 0.238 e. The van der Waals surface area contributed by atoms with E-state index in [1.54, 1.807) is 7.11 Å². The molecule has 1 aromatic carbocycles. The van der Waals surface area contributed by atoms with Crippen LogP contribution in [0.4, 0.5) is 11.5 Å². The summed E-state index contributed by atoms with van der Waals surface area (Å²) in [6.45, 7) is 6.24. The minimum Gasteiger partial charge on any atom is -0.497 e. The van der Waals surface area contributed by atoms with Crippen LogP contribution in [0.15, 0.2) is 36.4 Å². The van der Waals surface area contributed by atoms with Crippen LogP contribution in [0.2, 0.25) is 0 Å². The van der Waals surface area contributed by atoms with Gasteiger partial charge in [-0.3, -0.25) is 14.8 Å². The van der Waals surface area contributed by atoms with E-state index in [1.165, 1.54) is 0 Å². The Morgan fingerprint density at radius 3 is 2.80 bits per heavy atom. The number of aromatic nitrogens is 3. The number of benzene rings is 1. The van der Waals surface area contributed by atoms with E-state index in [0.717, 1.165) is 53.5 Å². The molecule has 0 saturated carbocycles. The number of rotatable bonds is 7. The lowest BCUT2D eigenvalue weighted by Crippen LogP contribution is -2.31. The molecule has 1 amide bonds. The Labute approximate surface area is 176 Å². The summed E-state index contributed by atoms with van der Waals surface area (Å²) >= 11 is 0. The van der Waals surface area contributed by atoms with Gasteiger partial charge in [0, 0.05) is 29.9 Å². The molecule has 1 unspecified atom stereocenters. The molecule has 0 spiro atoms. The van der Waals surface area contributed by atoms with E-state index in [-0.39, 0.29) is 5.91 Å². The van der Waals surface area contributed by atoms with Crippen LogP contribution in [-0.2, 0) is 4.79 Å². The van der Waals surface area contributed by atoms with Gasteiger partial charge in [0.05, 0.1) is 19.0 Å². The highest BCUT2D eigenvalue weighted by molar-refractivity contribution is 5.92. The maximum absolute atomic E-state index is 12.4. The molecule has 1 saturated heterocycles. The summed E-state index contributed by atoms with van der Waals surface area (Å²) in [6.07, 6.45) is 0.986. The fourth-order valence-corrected chi connectivity index (χ4v) is 3.83. The Morgan fingerprint density at radius 1 is 1.27 bits per heavy atom. The van der Waals surface area contributed by atoms with Crippen molar-refractivity contribution in [2.24, 2.45) is 0 Å². The molecule has 3 aromatic rings. The number of ether oxygens (including phenoxy) is 1. The summed E-state index contributed by atoms with van der Waals surface area (Å²) in [5.74, 6) is 1.90. The molecule has 158 valence electrons. The second kappa shape index (κ2) is 8.71. The van der Waals surface area contributed by atoms with Gasteiger partial charge in [-0.25, -0.2) is 4.98 Å². The number of fused-ring (bicyclic) bond motifs is 1. The molecule has 0 aliphatic carbocycles. The van der Waals surface area contributed by atoms with E-state index in [2.05, 4.69) is 51.7 Å². The molecule has 0 bridgehead atoms. The van der Waals surface area contributed by atoms with Gasteiger partial charge in [-0.2, -0.15) is 5.10 Å². The van der Waals surface area contributed by atoms with Crippen molar-refractivity contribution in [3.8, 4) is 5.75 Å². The van der Waals surface area contributed by atoms with Crippen LogP contribution < -0.4 is 15.4 Å². The van der Waals surface area contributed by atoms with Gasteiger partial charge < -0.3 is 15.4 Å². The summed E-state index contributed by atoms with van der Waals surface area (Å²) in [5.41, 5.74) is 2.61. The largest absolute Gasteiger partial charge is 0.497 e. The first-order valence-corrected chi connectivity index (χ1v) is 10.3. The molecular weight excluding hydrogens is 380 g/mol. The fourth-order valence-electron chi connectivity index (χ4n) is 3.83. The molecule has 3 N–H and O–H groups in total. The Hall–Kier alpha value is -3.13. The van der Waals surface area contributed by atoms with Crippen molar-refractivity contribution in [1.82, 2.24) is 20.1 Å². The van der Waals surface area contributed by atoms with Crippen LogP contribution in [0.3, 0.4) is 0 Å². The first-order valence-electron chi connectivity index (χ1n) is 10.3. The van der Waals surface area contributed by atoms with E-state index >= 15 is 0 Å². The normalized spacial score (nSPS) is 16.9. The second-order valence-corrected chi connectivity index (χ2v) is 8.00. The Kier molecular flexibility index (Phi) is 5.85. The number of methoxy groups -OCH3 is 1. The summed E-state index contributed by atoms with van der Waals surface area (Å²) in [4.78, 5) is 19.4. The predicted octanol–water partition coefficient (Wildman–Crippen LogP) is 3.21. The summed E-state index contributed by atoms with van der Waals surface area (Å²) in [7, 11) is 1.62. The van der Waals surface area contributed by atoms with Gasteiger partial charge in [0.2, 0.25) is 5.91 Å². The number of anilines is 2. The lowest BCUT2D eigenvalue weighted by Gasteiger charge is -2.16. The molecule has 4 rings (SSSR count). The first kappa shape index (κ1) is 20.2. The summed E-state index contributed by atoms with van der Waals surface area (Å²) in [6, 6.07) is 11.8. The molecule has 1 aliphatic heterocycles.